The number of hydrogen-bond donors (Lipinski definition) is 1. The maximum Gasteiger partial charge on any atom is 0.0596 e. The van der Waals surface area contributed by atoms with Gasteiger partial charge in [0, 0.05) is 13.1 Å². The van der Waals surface area contributed by atoms with E-state index in [0.29, 0.717) is 6.10 Å². The molecule has 17 heavy (non-hydrogen) atoms. The van der Waals surface area contributed by atoms with E-state index in [0.717, 1.165) is 31.5 Å². The summed E-state index contributed by atoms with van der Waals surface area (Å²) in [6.07, 6.45) is 5.79. The fourth-order valence-corrected chi connectivity index (χ4v) is 2.77. The van der Waals surface area contributed by atoms with E-state index < -0.39 is 0 Å². The summed E-state index contributed by atoms with van der Waals surface area (Å²) in [5.74, 6) is 1.55. The predicted molar refractivity (Wildman–Crippen MR) is 73.1 cm³/mol. The van der Waals surface area contributed by atoms with Crippen LogP contribution in [0.3, 0.4) is 0 Å². The molecule has 1 saturated carbocycles. The first-order chi connectivity index (χ1) is 8.13. The number of rotatable bonds is 7. The third-order valence-electron chi connectivity index (χ3n) is 3.84. The van der Waals surface area contributed by atoms with Crippen molar-refractivity contribution in [2.45, 2.75) is 45.6 Å². The minimum Gasteiger partial charge on any atom is -0.377 e. The summed E-state index contributed by atoms with van der Waals surface area (Å²) in [5, 5.41) is 0. The van der Waals surface area contributed by atoms with Crippen LogP contribution in [0.4, 0.5) is 0 Å². The van der Waals surface area contributed by atoms with Crippen LogP contribution in [0, 0.1) is 11.8 Å². The minimum absolute atomic E-state index is 0.342. The lowest BCUT2D eigenvalue weighted by Crippen LogP contribution is -2.36. The summed E-state index contributed by atoms with van der Waals surface area (Å²) in [6.45, 7) is 8.10. The number of nitrogens with two attached hydrogens (primary N) is 1. The monoisotopic (exact) mass is 242 g/mol. The van der Waals surface area contributed by atoms with E-state index in [1.54, 1.807) is 0 Å². The summed E-state index contributed by atoms with van der Waals surface area (Å²) in [4.78, 5) is 2.40. The molecule has 0 bridgehead atoms. The molecule has 0 aromatic rings. The van der Waals surface area contributed by atoms with Crippen molar-refractivity contribution in [1.29, 1.82) is 0 Å². The molecule has 2 N–H and O–H groups in total. The summed E-state index contributed by atoms with van der Waals surface area (Å²) < 4.78 is 5.59. The van der Waals surface area contributed by atoms with Gasteiger partial charge < -0.3 is 15.4 Å². The van der Waals surface area contributed by atoms with Crippen molar-refractivity contribution in [3.63, 3.8) is 0 Å². The Morgan fingerprint density at radius 3 is 2.47 bits per heavy atom. The molecule has 102 valence electrons. The van der Waals surface area contributed by atoms with Gasteiger partial charge in [-0.2, -0.15) is 0 Å². The average molecular weight is 242 g/mol. The number of nitrogens with zero attached hydrogens (tertiary/aromatic N) is 1. The Balaban J connectivity index is 2.21. The largest absolute Gasteiger partial charge is 0.377 e. The van der Waals surface area contributed by atoms with E-state index in [-0.39, 0.29) is 0 Å². The average Bonchev–Trinajstić information content (AvgIpc) is 2.29. The third kappa shape index (κ3) is 5.84. The van der Waals surface area contributed by atoms with Gasteiger partial charge in [0.1, 0.15) is 0 Å². The summed E-state index contributed by atoms with van der Waals surface area (Å²) >= 11 is 0. The van der Waals surface area contributed by atoms with E-state index in [2.05, 4.69) is 25.8 Å². The maximum atomic E-state index is 5.87. The first kappa shape index (κ1) is 14.9. The van der Waals surface area contributed by atoms with Gasteiger partial charge in [-0.25, -0.2) is 0 Å². The smallest absolute Gasteiger partial charge is 0.0596 e. The molecule has 0 aromatic heterocycles. The molecular weight excluding hydrogens is 212 g/mol. The maximum absolute atomic E-state index is 5.87. The molecule has 2 unspecified atom stereocenters. The van der Waals surface area contributed by atoms with Crippen LogP contribution in [0.1, 0.15) is 39.5 Å². The fourth-order valence-electron chi connectivity index (χ4n) is 2.77. The first-order valence-corrected chi connectivity index (χ1v) is 7.13. The number of hydrogen-bond acceptors (Lipinski definition) is 3. The highest BCUT2D eigenvalue weighted by Crippen LogP contribution is 2.29. The van der Waals surface area contributed by atoms with Crippen molar-refractivity contribution in [2.24, 2.45) is 17.6 Å². The quantitative estimate of drug-likeness (QED) is 0.743. The lowest BCUT2D eigenvalue weighted by atomic mass is 9.79. The molecule has 3 nitrogen and oxygen atoms in total. The standard InChI is InChI=1S/C14H30N2O/c1-12(2)17-9-8-16(3)11-14-7-5-4-6-13(14)10-15/h12-14H,4-11,15H2,1-3H3. The van der Waals surface area contributed by atoms with Gasteiger partial charge >= 0.3 is 0 Å². The van der Waals surface area contributed by atoms with Crippen molar-refractivity contribution < 1.29 is 4.74 Å². The topological polar surface area (TPSA) is 38.5 Å². The van der Waals surface area contributed by atoms with E-state index in [1.807, 2.05) is 0 Å². The number of likely N-dealkylation sites (N-methyl/N-ethyl adjacent to an activating group) is 1. The molecule has 0 radical (unpaired) electrons. The highest BCUT2D eigenvalue weighted by Gasteiger charge is 2.24. The van der Waals surface area contributed by atoms with Gasteiger partial charge in [0.2, 0.25) is 0 Å². The van der Waals surface area contributed by atoms with Crippen molar-refractivity contribution in [1.82, 2.24) is 4.90 Å². The molecule has 0 amide bonds. The molecule has 0 heterocycles. The van der Waals surface area contributed by atoms with E-state index in [9.17, 15) is 0 Å². The Labute approximate surface area is 107 Å². The minimum atomic E-state index is 0.342. The third-order valence-corrected chi connectivity index (χ3v) is 3.84. The van der Waals surface area contributed by atoms with Crippen LogP contribution in [0.5, 0.6) is 0 Å². The molecule has 1 aliphatic rings. The summed E-state index contributed by atoms with van der Waals surface area (Å²) in [7, 11) is 2.20. The van der Waals surface area contributed by atoms with E-state index in [4.69, 9.17) is 10.5 Å². The normalized spacial score (nSPS) is 25.8. The zero-order valence-corrected chi connectivity index (χ0v) is 11.8. The van der Waals surface area contributed by atoms with Crippen LogP contribution in [0.25, 0.3) is 0 Å². The van der Waals surface area contributed by atoms with Gasteiger partial charge in [0.15, 0.2) is 0 Å². The SMILES string of the molecule is CC(C)OCCN(C)CC1CCCCC1CN. The lowest BCUT2D eigenvalue weighted by molar-refractivity contribution is 0.0569. The molecular formula is C14H30N2O. The Morgan fingerprint density at radius 1 is 1.24 bits per heavy atom. The highest BCUT2D eigenvalue weighted by atomic mass is 16.5. The first-order valence-electron chi connectivity index (χ1n) is 7.13. The Morgan fingerprint density at radius 2 is 1.88 bits per heavy atom. The van der Waals surface area contributed by atoms with Crippen molar-refractivity contribution in [2.75, 3.05) is 33.3 Å². The lowest BCUT2D eigenvalue weighted by Gasteiger charge is -2.33. The van der Waals surface area contributed by atoms with Crippen LogP contribution in [-0.4, -0.2) is 44.3 Å². The van der Waals surface area contributed by atoms with Gasteiger partial charge in [0.05, 0.1) is 12.7 Å². The van der Waals surface area contributed by atoms with Crippen molar-refractivity contribution >= 4 is 0 Å². The fraction of sp³-hybridized carbons (Fsp3) is 1.00. The molecule has 0 aromatic carbocycles. The second-order valence-corrected chi connectivity index (χ2v) is 5.72. The molecule has 0 spiro atoms. The van der Waals surface area contributed by atoms with Crippen LogP contribution < -0.4 is 5.73 Å². The predicted octanol–water partition coefficient (Wildman–Crippen LogP) is 2.11. The van der Waals surface area contributed by atoms with Gasteiger partial charge in [-0.15, -0.1) is 0 Å². The van der Waals surface area contributed by atoms with Crippen molar-refractivity contribution in [3.05, 3.63) is 0 Å². The van der Waals surface area contributed by atoms with E-state index in [1.165, 1.54) is 32.2 Å². The molecule has 0 aliphatic heterocycles. The highest BCUT2D eigenvalue weighted by molar-refractivity contribution is 4.78. The van der Waals surface area contributed by atoms with Crippen LogP contribution in [-0.2, 0) is 4.74 Å². The Hall–Kier alpha value is -0.120. The van der Waals surface area contributed by atoms with Crippen LogP contribution in [0.2, 0.25) is 0 Å². The van der Waals surface area contributed by atoms with Gasteiger partial charge in [-0.05, 0) is 52.1 Å². The van der Waals surface area contributed by atoms with Crippen molar-refractivity contribution in [3.8, 4) is 0 Å². The zero-order chi connectivity index (χ0) is 12.7. The summed E-state index contributed by atoms with van der Waals surface area (Å²) in [6, 6.07) is 0. The van der Waals surface area contributed by atoms with Crippen LogP contribution >= 0.6 is 0 Å². The summed E-state index contributed by atoms with van der Waals surface area (Å²) in [5.41, 5.74) is 5.87. The van der Waals surface area contributed by atoms with Gasteiger partial charge in [0.25, 0.3) is 0 Å². The number of ether oxygens (including phenoxy) is 1. The second-order valence-electron chi connectivity index (χ2n) is 5.72. The molecule has 1 aliphatic carbocycles. The van der Waals surface area contributed by atoms with Crippen LogP contribution in [0.15, 0.2) is 0 Å². The Kier molecular flexibility index (Phi) is 7.09. The van der Waals surface area contributed by atoms with Gasteiger partial charge in [-0.1, -0.05) is 12.8 Å². The molecule has 0 saturated heterocycles. The molecule has 3 heteroatoms. The second kappa shape index (κ2) is 8.06. The molecule has 2 atom stereocenters. The van der Waals surface area contributed by atoms with E-state index >= 15 is 0 Å². The molecule has 1 fully saturated rings. The molecule has 1 rings (SSSR count). The van der Waals surface area contributed by atoms with Gasteiger partial charge in [-0.3, -0.25) is 0 Å². The zero-order valence-electron chi connectivity index (χ0n) is 11.8. The Bertz CT molecular complexity index is 197.